The average Bonchev–Trinajstić information content (AvgIpc) is 3.30. The van der Waals surface area contributed by atoms with Crippen molar-refractivity contribution in [2.45, 2.75) is 31.4 Å². The molecule has 2 saturated carbocycles. The van der Waals surface area contributed by atoms with E-state index in [0.717, 1.165) is 25.0 Å². The van der Waals surface area contributed by atoms with Crippen molar-refractivity contribution < 1.29 is 15.0 Å². The van der Waals surface area contributed by atoms with E-state index in [-0.39, 0.29) is 35.3 Å². The first-order valence-electron chi connectivity index (χ1n) is 9.88. The number of aliphatic hydroxyl groups excluding tert-OH is 1. The quantitative estimate of drug-likeness (QED) is 0.815. The SMILES string of the molecule is O=C(O)N1CC2CCC(C1)C21C[C@@H]([C@H]2c3ccccc3-c3cncn32)[C@H]1O. The van der Waals surface area contributed by atoms with Gasteiger partial charge in [-0.25, -0.2) is 9.78 Å². The molecule has 2 aliphatic carbocycles. The Hall–Kier alpha value is -2.34. The first-order chi connectivity index (χ1) is 13.1. The Bertz CT molecular complexity index is 924. The molecule has 2 aromatic rings. The van der Waals surface area contributed by atoms with Crippen LogP contribution in [0.15, 0.2) is 36.8 Å². The minimum absolute atomic E-state index is 0.0884. The summed E-state index contributed by atoms with van der Waals surface area (Å²) in [6.07, 6.45) is 5.66. The Morgan fingerprint density at radius 1 is 1.19 bits per heavy atom. The number of piperidine rings is 1. The van der Waals surface area contributed by atoms with Gasteiger partial charge in [-0.1, -0.05) is 24.3 Å². The van der Waals surface area contributed by atoms with E-state index in [1.54, 1.807) is 4.90 Å². The molecule has 5 atom stereocenters. The molecule has 1 amide bonds. The molecule has 2 aliphatic heterocycles. The average molecular weight is 365 g/mol. The molecule has 1 spiro atoms. The van der Waals surface area contributed by atoms with Crippen LogP contribution in [0.25, 0.3) is 11.3 Å². The van der Waals surface area contributed by atoms with Crippen molar-refractivity contribution in [2.24, 2.45) is 23.2 Å². The van der Waals surface area contributed by atoms with Gasteiger partial charge >= 0.3 is 6.09 Å². The topological polar surface area (TPSA) is 78.6 Å². The van der Waals surface area contributed by atoms with Gasteiger partial charge in [-0.3, -0.25) is 0 Å². The molecule has 2 unspecified atom stereocenters. The summed E-state index contributed by atoms with van der Waals surface area (Å²) in [6, 6.07) is 8.57. The number of aliphatic hydroxyl groups is 1. The largest absolute Gasteiger partial charge is 0.465 e. The lowest BCUT2D eigenvalue weighted by Crippen LogP contribution is -2.65. The predicted molar refractivity (Wildman–Crippen MR) is 98.2 cm³/mol. The maximum absolute atomic E-state index is 11.4. The number of likely N-dealkylation sites (tertiary alicyclic amines) is 1. The smallest absolute Gasteiger partial charge is 0.407 e. The zero-order valence-corrected chi connectivity index (χ0v) is 15.0. The number of benzene rings is 1. The van der Waals surface area contributed by atoms with Gasteiger partial charge in [-0.05, 0) is 36.7 Å². The Labute approximate surface area is 157 Å². The molecule has 27 heavy (non-hydrogen) atoms. The van der Waals surface area contributed by atoms with Crippen molar-refractivity contribution in [3.63, 3.8) is 0 Å². The number of amides is 1. The van der Waals surface area contributed by atoms with Gasteiger partial charge in [-0.2, -0.15) is 0 Å². The number of nitrogens with zero attached hydrogens (tertiary/aromatic N) is 3. The van der Waals surface area contributed by atoms with Gasteiger partial charge in [0, 0.05) is 30.0 Å². The number of hydrogen-bond acceptors (Lipinski definition) is 3. The van der Waals surface area contributed by atoms with Gasteiger partial charge in [-0.15, -0.1) is 0 Å². The van der Waals surface area contributed by atoms with E-state index in [1.807, 2.05) is 12.5 Å². The van der Waals surface area contributed by atoms with Gasteiger partial charge < -0.3 is 19.7 Å². The van der Waals surface area contributed by atoms with E-state index in [0.29, 0.717) is 13.1 Å². The summed E-state index contributed by atoms with van der Waals surface area (Å²) in [6.45, 7) is 1.15. The second-order valence-corrected chi connectivity index (χ2v) is 8.80. The first kappa shape index (κ1) is 15.7. The molecular weight excluding hydrogens is 342 g/mol. The molecule has 4 aliphatic rings. The maximum atomic E-state index is 11.4. The van der Waals surface area contributed by atoms with Crippen molar-refractivity contribution in [3.8, 4) is 11.3 Å². The summed E-state index contributed by atoms with van der Waals surface area (Å²) >= 11 is 0. The lowest BCUT2D eigenvalue weighted by atomic mass is 9.48. The van der Waals surface area contributed by atoms with Crippen LogP contribution in [0.4, 0.5) is 4.79 Å². The summed E-state index contributed by atoms with van der Waals surface area (Å²) in [5.74, 6) is 0.746. The third-order valence-electron chi connectivity index (χ3n) is 8.01. The molecule has 140 valence electrons. The fraction of sp³-hybridized carbons (Fsp3) is 0.524. The highest BCUT2D eigenvalue weighted by Gasteiger charge is 2.67. The van der Waals surface area contributed by atoms with Gasteiger partial charge in [0.1, 0.15) is 0 Å². The van der Waals surface area contributed by atoms with Crippen molar-refractivity contribution in [3.05, 3.63) is 42.4 Å². The number of hydrogen-bond donors (Lipinski definition) is 2. The van der Waals surface area contributed by atoms with Crippen LogP contribution in [0.3, 0.4) is 0 Å². The van der Waals surface area contributed by atoms with Crippen LogP contribution >= 0.6 is 0 Å². The fourth-order valence-corrected chi connectivity index (χ4v) is 6.85. The zero-order chi connectivity index (χ0) is 18.3. The Balaban J connectivity index is 1.34. The second-order valence-electron chi connectivity index (χ2n) is 8.80. The summed E-state index contributed by atoms with van der Waals surface area (Å²) in [5.41, 5.74) is 3.54. The van der Waals surface area contributed by atoms with E-state index in [4.69, 9.17) is 0 Å². The van der Waals surface area contributed by atoms with Crippen LogP contribution in [0.5, 0.6) is 0 Å². The van der Waals surface area contributed by atoms with Crippen molar-refractivity contribution in [2.75, 3.05) is 13.1 Å². The number of carbonyl (C=O) groups is 1. The highest BCUT2D eigenvalue weighted by Crippen LogP contribution is 2.67. The summed E-state index contributed by atoms with van der Waals surface area (Å²) in [7, 11) is 0. The summed E-state index contributed by atoms with van der Waals surface area (Å²) < 4.78 is 2.22. The van der Waals surface area contributed by atoms with E-state index in [9.17, 15) is 15.0 Å². The number of rotatable bonds is 1. The summed E-state index contributed by atoms with van der Waals surface area (Å²) in [5, 5.41) is 20.8. The molecule has 1 aromatic carbocycles. The first-order valence-corrected chi connectivity index (χ1v) is 9.88. The fourth-order valence-electron chi connectivity index (χ4n) is 6.85. The van der Waals surface area contributed by atoms with Crippen LogP contribution in [-0.2, 0) is 0 Å². The van der Waals surface area contributed by atoms with Crippen LogP contribution in [0, 0.1) is 23.2 Å². The van der Waals surface area contributed by atoms with E-state index in [2.05, 4.69) is 33.8 Å². The lowest BCUT2D eigenvalue weighted by Gasteiger charge is -2.61. The van der Waals surface area contributed by atoms with Crippen molar-refractivity contribution in [1.29, 1.82) is 0 Å². The van der Waals surface area contributed by atoms with Crippen LogP contribution in [0.2, 0.25) is 0 Å². The normalized spacial score (nSPS) is 38.6. The molecule has 0 radical (unpaired) electrons. The Kier molecular flexibility index (Phi) is 2.98. The van der Waals surface area contributed by atoms with E-state index < -0.39 is 6.09 Å². The molecule has 2 bridgehead atoms. The third kappa shape index (κ3) is 1.79. The maximum Gasteiger partial charge on any atom is 0.407 e. The van der Waals surface area contributed by atoms with Gasteiger partial charge in [0.15, 0.2) is 0 Å². The molecule has 3 heterocycles. The van der Waals surface area contributed by atoms with Crippen LogP contribution in [0.1, 0.15) is 30.9 Å². The Morgan fingerprint density at radius 2 is 1.93 bits per heavy atom. The molecule has 1 saturated heterocycles. The van der Waals surface area contributed by atoms with E-state index in [1.165, 1.54) is 11.1 Å². The molecule has 3 fully saturated rings. The molecule has 6 rings (SSSR count). The number of aromatic nitrogens is 2. The monoisotopic (exact) mass is 365 g/mol. The summed E-state index contributed by atoms with van der Waals surface area (Å²) in [4.78, 5) is 17.3. The number of carboxylic acid groups (broad SMARTS) is 1. The zero-order valence-electron chi connectivity index (χ0n) is 15.0. The van der Waals surface area contributed by atoms with Crippen molar-refractivity contribution >= 4 is 6.09 Å². The van der Waals surface area contributed by atoms with Crippen LogP contribution in [-0.4, -0.2) is 50.0 Å². The van der Waals surface area contributed by atoms with Gasteiger partial charge in [0.05, 0.1) is 30.4 Å². The van der Waals surface area contributed by atoms with Crippen molar-refractivity contribution in [1.82, 2.24) is 14.5 Å². The molecule has 6 nitrogen and oxygen atoms in total. The molecule has 1 aromatic heterocycles. The minimum Gasteiger partial charge on any atom is -0.465 e. The number of fused-ring (bicyclic) bond motifs is 3. The van der Waals surface area contributed by atoms with E-state index >= 15 is 0 Å². The predicted octanol–water partition coefficient (Wildman–Crippen LogP) is 2.84. The molecular formula is C21H23N3O3. The third-order valence-corrected chi connectivity index (χ3v) is 8.01. The lowest BCUT2D eigenvalue weighted by molar-refractivity contribution is -0.193. The molecule has 2 N–H and O–H groups in total. The standard InChI is InChI=1S/C21H23N3O3/c25-19-16(7-21(19)12-5-6-13(21)10-23(9-12)20(26)27)18-15-4-2-1-3-14(15)17-8-22-11-24(17)18/h1-4,8,11-13,16,18-19,25H,5-7,9-10H2,(H,26,27)/t12?,13?,16-,18+,19+,21?/m0/s1. The highest BCUT2D eigenvalue weighted by atomic mass is 16.4. The Morgan fingerprint density at radius 3 is 2.63 bits per heavy atom. The van der Waals surface area contributed by atoms with Gasteiger partial charge in [0.2, 0.25) is 0 Å². The highest BCUT2D eigenvalue weighted by molar-refractivity contribution is 5.69. The molecule has 6 heteroatoms. The number of imidazole rings is 1. The van der Waals surface area contributed by atoms with Crippen LogP contribution < -0.4 is 0 Å². The second kappa shape index (κ2) is 5.13. The van der Waals surface area contributed by atoms with Gasteiger partial charge in [0.25, 0.3) is 0 Å². The minimum atomic E-state index is -0.820.